The molecule has 98 valence electrons. The molecule has 0 spiro atoms. The van der Waals surface area contributed by atoms with Crippen LogP contribution in [0.1, 0.15) is 22.3 Å². The summed E-state index contributed by atoms with van der Waals surface area (Å²) in [4.78, 5) is 0. The third-order valence-electron chi connectivity index (χ3n) is 3.02. The van der Waals surface area contributed by atoms with Crippen LogP contribution < -0.4 is 10.6 Å². The van der Waals surface area contributed by atoms with Gasteiger partial charge in [0.05, 0.1) is 6.21 Å². The number of hydrogen-bond donors (Lipinski definition) is 1. The number of rotatable bonds is 4. The van der Waals surface area contributed by atoms with E-state index in [9.17, 15) is 0 Å². The van der Waals surface area contributed by atoms with E-state index in [4.69, 9.17) is 10.6 Å². The van der Waals surface area contributed by atoms with E-state index in [0.717, 1.165) is 28.0 Å². The Balaban J connectivity index is 2.14. The Bertz CT molecular complexity index is 554. The van der Waals surface area contributed by atoms with Gasteiger partial charge >= 0.3 is 0 Å². The molecule has 0 atom stereocenters. The summed E-state index contributed by atoms with van der Waals surface area (Å²) in [5.41, 5.74) is 4.43. The molecule has 0 fully saturated rings. The molecule has 0 heterocycles. The van der Waals surface area contributed by atoms with Crippen LogP contribution in [0.2, 0.25) is 0 Å². The van der Waals surface area contributed by atoms with Crippen molar-refractivity contribution in [1.82, 2.24) is 0 Å². The Morgan fingerprint density at radius 1 is 1.11 bits per heavy atom. The number of ether oxygens (including phenoxy) is 1. The Morgan fingerprint density at radius 2 is 1.74 bits per heavy atom. The van der Waals surface area contributed by atoms with Crippen molar-refractivity contribution in [3.8, 4) is 5.75 Å². The highest BCUT2D eigenvalue weighted by atomic mass is 16.5. The quantitative estimate of drug-likeness (QED) is 0.517. The van der Waals surface area contributed by atoms with Crippen LogP contribution in [-0.4, -0.2) is 6.21 Å². The summed E-state index contributed by atoms with van der Waals surface area (Å²) < 4.78 is 5.81. The summed E-state index contributed by atoms with van der Waals surface area (Å²) >= 11 is 0. The standard InChI is InChI=1S/C16H18N2O/c1-12-8-15(9-13(2)16(12)10-18-17)19-11-14-6-4-3-5-7-14/h3-10H,11,17H2,1-2H3. The van der Waals surface area contributed by atoms with Crippen LogP contribution in [0.4, 0.5) is 0 Å². The number of benzene rings is 2. The van der Waals surface area contributed by atoms with E-state index in [1.807, 2.05) is 44.2 Å². The van der Waals surface area contributed by atoms with Crippen molar-refractivity contribution in [3.05, 3.63) is 64.7 Å². The van der Waals surface area contributed by atoms with E-state index in [0.29, 0.717) is 6.61 Å². The Hall–Kier alpha value is -2.29. The second-order valence-electron chi connectivity index (χ2n) is 4.52. The van der Waals surface area contributed by atoms with Gasteiger partial charge in [0.2, 0.25) is 0 Å². The highest BCUT2D eigenvalue weighted by molar-refractivity contribution is 5.83. The fourth-order valence-electron chi connectivity index (χ4n) is 2.04. The van der Waals surface area contributed by atoms with Crippen molar-refractivity contribution >= 4 is 6.21 Å². The lowest BCUT2D eigenvalue weighted by molar-refractivity contribution is 0.306. The highest BCUT2D eigenvalue weighted by Gasteiger charge is 2.04. The molecule has 0 aliphatic rings. The lowest BCUT2D eigenvalue weighted by Crippen LogP contribution is -1.99. The van der Waals surface area contributed by atoms with Gasteiger partial charge in [-0.05, 0) is 42.7 Å². The topological polar surface area (TPSA) is 47.6 Å². The second kappa shape index (κ2) is 6.05. The largest absolute Gasteiger partial charge is 0.489 e. The van der Waals surface area contributed by atoms with Gasteiger partial charge in [0.25, 0.3) is 0 Å². The van der Waals surface area contributed by atoms with Crippen LogP contribution in [0.3, 0.4) is 0 Å². The van der Waals surface area contributed by atoms with Gasteiger partial charge in [0, 0.05) is 5.56 Å². The molecule has 0 aliphatic heterocycles. The Labute approximate surface area is 113 Å². The zero-order valence-corrected chi connectivity index (χ0v) is 11.3. The Morgan fingerprint density at radius 3 is 2.32 bits per heavy atom. The molecule has 0 amide bonds. The van der Waals surface area contributed by atoms with E-state index < -0.39 is 0 Å². The third-order valence-corrected chi connectivity index (χ3v) is 3.02. The van der Waals surface area contributed by atoms with Crippen LogP contribution in [0.15, 0.2) is 47.6 Å². The molecule has 0 bridgehead atoms. The van der Waals surface area contributed by atoms with Crippen LogP contribution in [0, 0.1) is 13.8 Å². The lowest BCUT2D eigenvalue weighted by atomic mass is 10.0. The first-order chi connectivity index (χ1) is 9.20. The molecule has 2 N–H and O–H groups in total. The number of hydrazone groups is 1. The first-order valence-corrected chi connectivity index (χ1v) is 6.22. The number of hydrogen-bond acceptors (Lipinski definition) is 3. The fraction of sp³-hybridized carbons (Fsp3) is 0.188. The average molecular weight is 254 g/mol. The van der Waals surface area contributed by atoms with Crippen molar-refractivity contribution < 1.29 is 4.74 Å². The zero-order valence-electron chi connectivity index (χ0n) is 11.3. The van der Waals surface area contributed by atoms with E-state index >= 15 is 0 Å². The minimum absolute atomic E-state index is 0.573. The van der Waals surface area contributed by atoms with Crippen LogP contribution >= 0.6 is 0 Å². The monoisotopic (exact) mass is 254 g/mol. The average Bonchev–Trinajstić information content (AvgIpc) is 2.42. The van der Waals surface area contributed by atoms with Crippen LogP contribution in [0.25, 0.3) is 0 Å². The predicted octanol–water partition coefficient (Wildman–Crippen LogP) is 3.18. The summed E-state index contributed by atoms with van der Waals surface area (Å²) in [6, 6.07) is 14.1. The van der Waals surface area contributed by atoms with Gasteiger partial charge in [-0.15, -0.1) is 0 Å². The van der Waals surface area contributed by atoms with Gasteiger partial charge < -0.3 is 10.6 Å². The molecule has 0 unspecified atom stereocenters. The fourth-order valence-corrected chi connectivity index (χ4v) is 2.04. The lowest BCUT2D eigenvalue weighted by Gasteiger charge is -2.11. The normalized spacial score (nSPS) is 10.8. The van der Waals surface area contributed by atoms with Gasteiger partial charge in [-0.25, -0.2) is 0 Å². The molecule has 19 heavy (non-hydrogen) atoms. The van der Waals surface area contributed by atoms with Crippen molar-refractivity contribution in [1.29, 1.82) is 0 Å². The summed E-state index contributed by atoms with van der Waals surface area (Å²) in [5.74, 6) is 6.08. The highest BCUT2D eigenvalue weighted by Crippen LogP contribution is 2.21. The maximum Gasteiger partial charge on any atom is 0.120 e. The molecule has 2 aromatic rings. The maximum atomic E-state index is 5.81. The molecule has 0 saturated carbocycles. The molecule has 2 rings (SSSR count). The van der Waals surface area contributed by atoms with Gasteiger partial charge in [0.1, 0.15) is 12.4 Å². The van der Waals surface area contributed by atoms with Crippen molar-refractivity contribution in [3.63, 3.8) is 0 Å². The van der Waals surface area contributed by atoms with Gasteiger partial charge in [0.15, 0.2) is 0 Å². The maximum absolute atomic E-state index is 5.81. The van der Waals surface area contributed by atoms with E-state index in [1.54, 1.807) is 6.21 Å². The van der Waals surface area contributed by atoms with E-state index in [1.165, 1.54) is 0 Å². The minimum Gasteiger partial charge on any atom is -0.489 e. The smallest absolute Gasteiger partial charge is 0.120 e. The van der Waals surface area contributed by atoms with E-state index in [-0.39, 0.29) is 0 Å². The van der Waals surface area contributed by atoms with Crippen LogP contribution in [0.5, 0.6) is 5.75 Å². The van der Waals surface area contributed by atoms with Gasteiger partial charge in [-0.2, -0.15) is 5.10 Å². The SMILES string of the molecule is Cc1cc(OCc2ccccc2)cc(C)c1C=NN. The molecular weight excluding hydrogens is 236 g/mol. The first-order valence-electron chi connectivity index (χ1n) is 6.22. The summed E-state index contributed by atoms with van der Waals surface area (Å²) in [6.07, 6.45) is 1.67. The molecule has 3 heteroatoms. The zero-order chi connectivity index (χ0) is 13.7. The molecule has 0 saturated heterocycles. The number of nitrogens with two attached hydrogens (primary N) is 1. The molecule has 0 aliphatic carbocycles. The number of aryl methyl sites for hydroxylation is 2. The summed E-state index contributed by atoms with van der Waals surface area (Å²) in [7, 11) is 0. The van der Waals surface area contributed by atoms with Crippen LogP contribution in [-0.2, 0) is 6.61 Å². The molecule has 0 radical (unpaired) electrons. The van der Waals surface area contributed by atoms with Gasteiger partial charge in [-0.1, -0.05) is 30.3 Å². The van der Waals surface area contributed by atoms with Crippen molar-refractivity contribution in [2.45, 2.75) is 20.5 Å². The van der Waals surface area contributed by atoms with Gasteiger partial charge in [-0.3, -0.25) is 0 Å². The molecule has 0 aromatic heterocycles. The first kappa shape index (κ1) is 13.1. The molecule has 3 nitrogen and oxygen atoms in total. The predicted molar refractivity (Wildman–Crippen MR) is 78.5 cm³/mol. The number of nitrogens with zero attached hydrogens (tertiary/aromatic N) is 1. The third kappa shape index (κ3) is 3.35. The summed E-state index contributed by atoms with van der Waals surface area (Å²) in [5, 5.41) is 3.59. The van der Waals surface area contributed by atoms with Crippen molar-refractivity contribution in [2.24, 2.45) is 10.9 Å². The summed E-state index contributed by atoms with van der Waals surface area (Å²) in [6.45, 7) is 4.63. The van der Waals surface area contributed by atoms with E-state index in [2.05, 4.69) is 17.2 Å². The second-order valence-corrected chi connectivity index (χ2v) is 4.52. The van der Waals surface area contributed by atoms with Crippen molar-refractivity contribution in [2.75, 3.05) is 0 Å². The molecule has 2 aromatic carbocycles. The minimum atomic E-state index is 0.573. The Kier molecular flexibility index (Phi) is 4.18. The molecular formula is C16H18N2O.